The fourth-order valence-corrected chi connectivity index (χ4v) is 2.49. The fourth-order valence-electron chi connectivity index (χ4n) is 2.49. The minimum atomic E-state index is 0.364. The van der Waals surface area contributed by atoms with Gasteiger partial charge in [0.25, 0.3) is 0 Å². The number of ether oxygens (including phenoxy) is 2. The van der Waals surface area contributed by atoms with Gasteiger partial charge in [-0.2, -0.15) is 0 Å². The largest absolute Gasteiger partial charge is 0.486 e. The van der Waals surface area contributed by atoms with Gasteiger partial charge in [-0.25, -0.2) is 20.0 Å². The lowest BCUT2D eigenvalue weighted by atomic mass is 10.1. The number of hydrogen-bond acceptors (Lipinski definition) is 6. The van der Waals surface area contributed by atoms with Gasteiger partial charge in [0.05, 0.1) is 0 Å². The summed E-state index contributed by atoms with van der Waals surface area (Å²) in [5, 5.41) is 0. The topological polar surface area (TPSA) is 69.0 Å². The monoisotopic (exact) mass is 344 g/mol. The first-order valence-electron chi connectivity index (χ1n) is 8.23. The summed E-state index contributed by atoms with van der Waals surface area (Å²) in [6, 6.07) is 15.2. The van der Waals surface area contributed by atoms with Crippen molar-refractivity contribution in [2.75, 3.05) is 13.2 Å². The molecule has 0 fully saturated rings. The number of aliphatic imine (C=N–C) groups is 2. The van der Waals surface area contributed by atoms with Crippen molar-refractivity contribution in [2.45, 2.75) is 0 Å². The van der Waals surface area contributed by atoms with Crippen LogP contribution >= 0.6 is 0 Å². The Morgan fingerprint density at radius 3 is 1.62 bits per heavy atom. The van der Waals surface area contributed by atoms with Gasteiger partial charge in [-0.3, -0.25) is 0 Å². The molecular formula is C20H16N4O2. The lowest BCUT2D eigenvalue weighted by Crippen LogP contribution is -2.09. The summed E-state index contributed by atoms with van der Waals surface area (Å²) in [7, 11) is 0. The molecule has 1 aliphatic heterocycles. The lowest BCUT2D eigenvalue weighted by Gasteiger charge is -2.11. The van der Waals surface area contributed by atoms with Crippen LogP contribution in [0.4, 0.5) is 11.6 Å². The standard InChI is InChI=1S/C20H16N4O2/c1-2-6-16-14-24-20-18(8-4-10-22-20)26-12-11-25-17-7-3-9-21-19(17)23-13-15(16)5-1/h1-10,13-14H,11-12H2/b23-13+,24-14+. The molecule has 3 aromatic rings. The van der Waals surface area contributed by atoms with Crippen molar-refractivity contribution in [2.24, 2.45) is 9.98 Å². The third-order valence-corrected chi connectivity index (χ3v) is 3.75. The Hall–Kier alpha value is -3.54. The van der Waals surface area contributed by atoms with Crippen LogP contribution in [0.1, 0.15) is 11.1 Å². The van der Waals surface area contributed by atoms with Gasteiger partial charge in [-0.15, -0.1) is 0 Å². The zero-order valence-electron chi connectivity index (χ0n) is 13.9. The van der Waals surface area contributed by atoms with Crippen LogP contribution in [-0.2, 0) is 0 Å². The van der Waals surface area contributed by atoms with Crippen LogP contribution < -0.4 is 9.47 Å². The van der Waals surface area contributed by atoms with E-state index >= 15 is 0 Å². The second kappa shape index (κ2) is 7.57. The molecular weight excluding hydrogens is 328 g/mol. The molecule has 0 saturated carbocycles. The number of benzene rings is 1. The van der Waals surface area contributed by atoms with Crippen molar-refractivity contribution in [3.8, 4) is 11.5 Å². The van der Waals surface area contributed by atoms with Crippen LogP contribution in [0, 0.1) is 0 Å². The Kier molecular flexibility index (Phi) is 4.64. The number of rotatable bonds is 0. The van der Waals surface area contributed by atoms with Gasteiger partial charge in [0.15, 0.2) is 23.1 Å². The van der Waals surface area contributed by atoms with Crippen molar-refractivity contribution in [1.82, 2.24) is 9.97 Å². The fraction of sp³-hybridized carbons (Fsp3) is 0.100. The number of aromatic nitrogens is 2. The summed E-state index contributed by atoms with van der Waals surface area (Å²) < 4.78 is 11.6. The van der Waals surface area contributed by atoms with E-state index in [1.807, 2.05) is 48.5 Å². The predicted molar refractivity (Wildman–Crippen MR) is 100 cm³/mol. The molecule has 0 aliphatic carbocycles. The van der Waals surface area contributed by atoms with Crippen LogP contribution in [0.15, 0.2) is 70.9 Å². The molecule has 0 amide bonds. The molecule has 26 heavy (non-hydrogen) atoms. The predicted octanol–water partition coefficient (Wildman–Crippen LogP) is 3.75. The minimum Gasteiger partial charge on any atom is -0.486 e. The minimum absolute atomic E-state index is 0.364. The summed E-state index contributed by atoms with van der Waals surface area (Å²) in [4.78, 5) is 17.5. The average molecular weight is 344 g/mol. The molecule has 0 N–H and O–H groups in total. The molecule has 4 rings (SSSR count). The van der Waals surface area contributed by atoms with Crippen molar-refractivity contribution >= 4 is 24.1 Å². The molecule has 0 spiro atoms. The van der Waals surface area contributed by atoms with E-state index in [9.17, 15) is 0 Å². The second-order valence-corrected chi connectivity index (χ2v) is 5.49. The quantitative estimate of drug-likeness (QED) is 0.623. The normalized spacial score (nSPS) is 15.8. The average Bonchev–Trinajstić information content (AvgIpc) is 2.69. The first-order valence-corrected chi connectivity index (χ1v) is 8.23. The number of nitrogens with zero attached hydrogens (tertiary/aromatic N) is 4. The number of pyridine rings is 2. The van der Waals surface area contributed by atoms with E-state index in [2.05, 4.69) is 20.0 Å². The third kappa shape index (κ3) is 3.59. The van der Waals surface area contributed by atoms with Crippen LogP contribution in [0.2, 0.25) is 0 Å². The van der Waals surface area contributed by atoms with Gasteiger partial charge in [-0.1, -0.05) is 24.3 Å². The van der Waals surface area contributed by atoms with E-state index in [1.165, 1.54) is 0 Å². The molecule has 2 aromatic heterocycles. The molecule has 6 heteroatoms. The van der Waals surface area contributed by atoms with Gasteiger partial charge >= 0.3 is 0 Å². The zero-order chi connectivity index (χ0) is 17.6. The maximum absolute atomic E-state index is 5.78. The molecule has 0 saturated heterocycles. The molecule has 0 atom stereocenters. The summed E-state index contributed by atoms with van der Waals surface area (Å²) in [5.74, 6) is 2.28. The SMILES string of the molecule is C1=N/c2ncccc2OCCOc2cccnc2/N=C/c2ccccc2/1. The van der Waals surface area contributed by atoms with Crippen molar-refractivity contribution in [1.29, 1.82) is 0 Å². The third-order valence-electron chi connectivity index (χ3n) is 3.75. The van der Waals surface area contributed by atoms with Crippen LogP contribution in [0.3, 0.4) is 0 Å². The van der Waals surface area contributed by atoms with E-state index in [-0.39, 0.29) is 0 Å². The molecule has 0 unspecified atom stereocenters. The van der Waals surface area contributed by atoms with Gasteiger partial charge < -0.3 is 9.47 Å². The molecule has 128 valence electrons. The molecule has 1 aliphatic rings. The summed E-state index contributed by atoms with van der Waals surface area (Å²) in [6.45, 7) is 0.728. The highest BCUT2D eigenvalue weighted by molar-refractivity contribution is 5.95. The Morgan fingerprint density at radius 1 is 0.615 bits per heavy atom. The number of hydrogen-bond donors (Lipinski definition) is 0. The van der Waals surface area contributed by atoms with E-state index in [1.54, 1.807) is 24.8 Å². The Labute approximate surface area is 150 Å². The smallest absolute Gasteiger partial charge is 0.194 e. The summed E-state index contributed by atoms with van der Waals surface area (Å²) in [6.07, 6.45) is 6.90. The Balaban J connectivity index is 1.78. The highest BCUT2D eigenvalue weighted by atomic mass is 16.5. The maximum atomic E-state index is 5.78. The summed E-state index contributed by atoms with van der Waals surface area (Å²) in [5.41, 5.74) is 1.84. The van der Waals surface area contributed by atoms with E-state index in [4.69, 9.17) is 9.47 Å². The number of fused-ring (bicyclic) bond motifs is 3. The van der Waals surface area contributed by atoms with Crippen molar-refractivity contribution in [3.63, 3.8) is 0 Å². The van der Waals surface area contributed by atoms with Crippen LogP contribution in [0.25, 0.3) is 0 Å². The summed E-state index contributed by atoms with van der Waals surface area (Å²) >= 11 is 0. The first-order chi connectivity index (χ1) is 12.9. The molecule has 0 bridgehead atoms. The van der Waals surface area contributed by atoms with Crippen molar-refractivity contribution in [3.05, 3.63) is 72.1 Å². The van der Waals surface area contributed by atoms with Crippen molar-refractivity contribution < 1.29 is 9.47 Å². The molecule has 0 radical (unpaired) electrons. The maximum Gasteiger partial charge on any atom is 0.194 e. The lowest BCUT2D eigenvalue weighted by molar-refractivity contribution is 0.217. The molecule has 6 nitrogen and oxygen atoms in total. The highest BCUT2D eigenvalue weighted by Crippen LogP contribution is 2.26. The Bertz CT molecular complexity index is 891. The molecule has 1 aromatic carbocycles. The van der Waals surface area contributed by atoms with E-state index in [0.717, 1.165) is 11.1 Å². The van der Waals surface area contributed by atoms with E-state index < -0.39 is 0 Å². The Morgan fingerprint density at radius 2 is 1.12 bits per heavy atom. The van der Waals surface area contributed by atoms with Gasteiger partial charge in [-0.05, 0) is 24.3 Å². The second-order valence-electron chi connectivity index (χ2n) is 5.49. The zero-order valence-corrected chi connectivity index (χ0v) is 13.9. The molecule has 3 heterocycles. The van der Waals surface area contributed by atoms with Crippen LogP contribution in [-0.4, -0.2) is 35.6 Å². The van der Waals surface area contributed by atoms with Gasteiger partial charge in [0, 0.05) is 35.9 Å². The first kappa shape index (κ1) is 16.0. The van der Waals surface area contributed by atoms with Crippen LogP contribution in [0.5, 0.6) is 11.5 Å². The van der Waals surface area contributed by atoms with Gasteiger partial charge in [0.2, 0.25) is 0 Å². The van der Waals surface area contributed by atoms with E-state index in [0.29, 0.717) is 36.3 Å². The highest BCUT2D eigenvalue weighted by Gasteiger charge is 2.07. The van der Waals surface area contributed by atoms with Gasteiger partial charge in [0.1, 0.15) is 13.2 Å².